The summed E-state index contributed by atoms with van der Waals surface area (Å²) in [5, 5.41) is 10.5. The number of halogens is 2. The summed E-state index contributed by atoms with van der Waals surface area (Å²) in [4.78, 5) is 4.41. The molecular formula is C15H12ClIN2O2. The molecule has 2 aromatic carbocycles. The van der Waals surface area contributed by atoms with Gasteiger partial charge in [-0.25, -0.2) is 4.98 Å². The van der Waals surface area contributed by atoms with Crippen molar-refractivity contribution in [3.8, 4) is 11.5 Å². The molecule has 0 bridgehead atoms. The molecular weight excluding hydrogens is 403 g/mol. The standard InChI is InChI=1S/C15H12ClIN2O2/c1-15(17,20)11-9(18)7-10-13(12(11)16)21-14(19-10)8-5-3-2-4-6-8/h2-7,20H,18H2,1H3. The lowest BCUT2D eigenvalue weighted by atomic mass is 10.1. The van der Waals surface area contributed by atoms with Crippen LogP contribution in [0.4, 0.5) is 5.69 Å². The Balaban J connectivity index is 2.26. The number of anilines is 1. The smallest absolute Gasteiger partial charge is 0.227 e. The SMILES string of the molecule is CC(O)(I)c1c(N)cc2nc(-c3ccccc3)oc2c1Cl. The monoisotopic (exact) mass is 414 g/mol. The average Bonchev–Trinajstić information content (AvgIpc) is 2.82. The van der Waals surface area contributed by atoms with E-state index in [2.05, 4.69) is 4.98 Å². The van der Waals surface area contributed by atoms with Gasteiger partial charge in [-0.15, -0.1) is 0 Å². The molecule has 0 aliphatic heterocycles. The first-order valence-electron chi connectivity index (χ1n) is 6.23. The highest BCUT2D eigenvalue weighted by atomic mass is 127. The Kier molecular flexibility index (Phi) is 3.59. The molecule has 0 fully saturated rings. The van der Waals surface area contributed by atoms with E-state index in [0.717, 1.165) is 5.56 Å². The van der Waals surface area contributed by atoms with Gasteiger partial charge in [0.25, 0.3) is 0 Å². The van der Waals surface area contributed by atoms with Crippen LogP contribution in [0.1, 0.15) is 12.5 Å². The van der Waals surface area contributed by atoms with E-state index in [1.165, 1.54) is 0 Å². The van der Waals surface area contributed by atoms with E-state index in [-0.39, 0.29) is 0 Å². The summed E-state index contributed by atoms with van der Waals surface area (Å²) in [6, 6.07) is 11.2. The van der Waals surface area contributed by atoms with Crippen LogP contribution in [0.3, 0.4) is 0 Å². The second kappa shape index (κ2) is 5.15. The number of rotatable bonds is 2. The molecule has 0 saturated carbocycles. The predicted molar refractivity (Wildman–Crippen MR) is 92.5 cm³/mol. The number of nitrogens with two attached hydrogens (primary N) is 1. The van der Waals surface area contributed by atoms with E-state index in [4.69, 9.17) is 21.8 Å². The van der Waals surface area contributed by atoms with Crippen LogP contribution in [0.15, 0.2) is 40.8 Å². The van der Waals surface area contributed by atoms with E-state index in [1.807, 2.05) is 52.9 Å². The highest BCUT2D eigenvalue weighted by molar-refractivity contribution is 14.1. The minimum atomic E-state index is -1.19. The predicted octanol–water partition coefficient (Wildman–Crippen LogP) is 4.33. The Labute approximate surface area is 140 Å². The van der Waals surface area contributed by atoms with E-state index >= 15 is 0 Å². The molecule has 0 aliphatic rings. The number of aliphatic hydroxyl groups is 1. The van der Waals surface area contributed by atoms with Crippen molar-refractivity contribution in [1.82, 2.24) is 4.98 Å². The lowest BCUT2D eigenvalue weighted by Gasteiger charge is -2.19. The Morgan fingerprint density at radius 2 is 2.00 bits per heavy atom. The van der Waals surface area contributed by atoms with Crippen molar-refractivity contribution in [3.63, 3.8) is 0 Å². The minimum Gasteiger partial charge on any atom is -0.434 e. The summed E-state index contributed by atoms with van der Waals surface area (Å²) in [6.45, 7) is 1.62. The Morgan fingerprint density at radius 3 is 2.62 bits per heavy atom. The van der Waals surface area contributed by atoms with Crippen molar-refractivity contribution in [2.24, 2.45) is 0 Å². The highest BCUT2D eigenvalue weighted by Gasteiger charge is 2.28. The van der Waals surface area contributed by atoms with Crippen LogP contribution in [0, 0.1) is 0 Å². The maximum absolute atomic E-state index is 10.2. The first-order valence-corrected chi connectivity index (χ1v) is 7.69. The molecule has 0 saturated heterocycles. The summed E-state index contributed by atoms with van der Waals surface area (Å²) in [5.74, 6) is 0.470. The van der Waals surface area contributed by atoms with Crippen molar-refractivity contribution < 1.29 is 9.52 Å². The molecule has 21 heavy (non-hydrogen) atoms. The molecule has 1 atom stereocenters. The zero-order valence-electron chi connectivity index (χ0n) is 11.1. The van der Waals surface area contributed by atoms with Gasteiger partial charge < -0.3 is 15.3 Å². The van der Waals surface area contributed by atoms with Crippen LogP contribution in [-0.2, 0) is 3.61 Å². The van der Waals surface area contributed by atoms with Crippen LogP contribution in [-0.4, -0.2) is 10.1 Å². The summed E-state index contributed by atoms with van der Waals surface area (Å²) >= 11 is 8.23. The third-order valence-corrected chi connectivity index (χ3v) is 4.03. The molecule has 0 radical (unpaired) electrons. The summed E-state index contributed by atoms with van der Waals surface area (Å²) < 4.78 is 4.57. The van der Waals surface area contributed by atoms with Gasteiger partial charge in [-0.2, -0.15) is 0 Å². The highest BCUT2D eigenvalue weighted by Crippen LogP contribution is 2.42. The fourth-order valence-electron chi connectivity index (χ4n) is 2.21. The summed E-state index contributed by atoms with van der Waals surface area (Å²) in [6.07, 6.45) is 0. The maximum atomic E-state index is 10.2. The quantitative estimate of drug-likeness (QED) is 0.372. The van der Waals surface area contributed by atoms with Gasteiger partial charge in [0.05, 0.1) is 5.02 Å². The van der Waals surface area contributed by atoms with Gasteiger partial charge in [0.1, 0.15) is 9.12 Å². The Bertz CT molecular complexity index is 810. The normalized spacial score (nSPS) is 14.3. The fourth-order valence-corrected chi connectivity index (χ4v) is 3.38. The first kappa shape index (κ1) is 14.6. The van der Waals surface area contributed by atoms with E-state index < -0.39 is 3.61 Å². The number of aromatic nitrogens is 1. The second-order valence-corrected chi connectivity index (χ2v) is 7.32. The third-order valence-electron chi connectivity index (χ3n) is 3.13. The van der Waals surface area contributed by atoms with Gasteiger partial charge in [0.15, 0.2) is 5.58 Å². The topological polar surface area (TPSA) is 72.3 Å². The summed E-state index contributed by atoms with van der Waals surface area (Å²) in [5.41, 5.74) is 8.67. The molecule has 4 nitrogen and oxygen atoms in total. The number of nitrogen functional groups attached to an aromatic ring is 1. The lowest BCUT2D eigenvalue weighted by Crippen LogP contribution is -2.14. The maximum Gasteiger partial charge on any atom is 0.227 e. The van der Waals surface area contributed by atoms with Crippen molar-refractivity contribution in [3.05, 3.63) is 47.0 Å². The van der Waals surface area contributed by atoms with Gasteiger partial charge in [-0.05, 0) is 47.7 Å². The van der Waals surface area contributed by atoms with Crippen LogP contribution in [0.2, 0.25) is 5.02 Å². The molecule has 0 spiro atoms. The zero-order chi connectivity index (χ0) is 15.2. The second-order valence-electron chi connectivity index (χ2n) is 4.84. The average molecular weight is 415 g/mol. The van der Waals surface area contributed by atoms with Gasteiger partial charge >= 0.3 is 0 Å². The molecule has 3 N–H and O–H groups in total. The number of fused-ring (bicyclic) bond motifs is 1. The van der Waals surface area contributed by atoms with Gasteiger partial charge in [0.2, 0.25) is 5.89 Å². The molecule has 6 heteroatoms. The van der Waals surface area contributed by atoms with Gasteiger partial charge in [0, 0.05) is 16.8 Å². The number of hydrogen-bond acceptors (Lipinski definition) is 4. The third kappa shape index (κ3) is 2.61. The van der Waals surface area contributed by atoms with Crippen molar-refractivity contribution in [2.75, 3.05) is 5.73 Å². The Hall–Kier alpha value is -1.31. The van der Waals surface area contributed by atoms with E-state index in [0.29, 0.717) is 33.3 Å². The summed E-state index contributed by atoms with van der Waals surface area (Å²) in [7, 11) is 0. The van der Waals surface area contributed by atoms with Crippen LogP contribution >= 0.6 is 34.2 Å². The molecule has 1 aromatic heterocycles. The van der Waals surface area contributed by atoms with Crippen molar-refractivity contribution >= 4 is 51.0 Å². The van der Waals surface area contributed by atoms with E-state index in [9.17, 15) is 5.11 Å². The molecule has 3 aromatic rings. The number of nitrogens with zero attached hydrogens (tertiary/aromatic N) is 1. The van der Waals surface area contributed by atoms with Crippen molar-refractivity contribution in [2.45, 2.75) is 10.5 Å². The lowest BCUT2D eigenvalue weighted by molar-refractivity contribution is 0.180. The molecule has 1 unspecified atom stereocenters. The number of benzene rings is 2. The van der Waals surface area contributed by atoms with Crippen molar-refractivity contribution in [1.29, 1.82) is 0 Å². The largest absolute Gasteiger partial charge is 0.434 e. The number of oxazole rings is 1. The Morgan fingerprint density at radius 1 is 1.33 bits per heavy atom. The van der Waals surface area contributed by atoms with Crippen LogP contribution < -0.4 is 5.73 Å². The number of hydrogen-bond donors (Lipinski definition) is 2. The van der Waals surface area contributed by atoms with Crippen LogP contribution in [0.25, 0.3) is 22.6 Å². The van der Waals surface area contributed by atoms with E-state index in [1.54, 1.807) is 13.0 Å². The first-order chi connectivity index (χ1) is 9.88. The molecule has 1 heterocycles. The van der Waals surface area contributed by atoms with Crippen LogP contribution in [0.5, 0.6) is 0 Å². The van der Waals surface area contributed by atoms with Gasteiger partial charge in [-0.1, -0.05) is 29.8 Å². The zero-order valence-corrected chi connectivity index (χ0v) is 14.0. The molecule has 0 amide bonds. The molecule has 108 valence electrons. The van der Waals surface area contributed by atoms with Gasteiger partial charge in [-0.3, -0.25) is 0 Å². The molecule has 3 rings (SSSR count). The minimum absolute atomic E-state index is 0.291. The molecule has 0 aliphatic carbocycles. The number of alkyl halides is 1. The fraction of sp³-hybridized carbons (Fsp3) is 0.133.